The number of nitrogens with zero attached hydrogens (tertiary/aromatic N) is 1. The van der Waals surface area contributed by atoms with Crippen LogP contribution in [0.2, 0.25) is 0 Å². The molecule has 0 saturated carbocycles. The average molecular weight is 347 g/mol. The van der Waals surface area contributed by atoms with Crippen LogP contribution in [-0.2, 0) is 21.5 Å². The van der Waals surface area contributed by atoms with Crippen molar-refractivity contribution in [3.05, 3.63) is 35.4 Å². The van der Waals surface area contributed by atoms with E-state index in [2.05, 4.69) is 13.0 Å². The van der Waals surface area contributed by atoms with Crippen molar-refractivity contribution >= 4 is 6.09 Å². The molecule has 2 heterocycles. The van der Waals surface area contributed by atoms with E-state index in [0.717, 1.165) is 17.5 Å². The van der Waals surface area contributed by atoms with Crippen molar-refractivity contribution < 1.29 is 19.4 Å². The maximum absolute atomic E-state index is 12.7. The molecule has 25 heavy (non-hydrogen) atoms. The third kappa shape index (κ3) is 3.67. The summed E-state index contributed by atoms with van der Waals surface area (Å²) in [6.45, 7) is 8.58. The molecule has 1 amide bonds. The molecule has 0 spiro atoms. The third-order valence-electron chi connectivity index (χ3n) is 5.06. The molecule has 3 rings (SSSR count). The molecular formula is C20H29NO4. The number of morpholine rings is 1. The quantitative estimate of drug-likeness (QED) is 0.892. The molecule has 0 aliphatic carbocycles. The van der Waals surface area contributed by atoms with E-state index < -0.39 is 11.2 Å². The minimum Gasteiger partial charge on any atom is -0.444 e. The Labute approximate surface area is 149 Å². The molecular weight excluding hydrogens is 318 g/mol. The summed E-state index contributed by atoms with van der Waals surface area (Å²) in [6, 6.07) is 7.72. The first kappa shape index (κ1) is 18.2. The smallest absolute Gasteiger partial charge is 0.410 e. The largest absolute Gasteiger partial charge is 0.444 e. The predicted octanol–water partition coefficient (Wildman–Crippen LogP) is 3.23. The lowest BCUT2D eigenvalue weighted by Crippen LogP contribution is -2.63. The zero-order valence-corrected chi connectivity index (χ0v) is 15.6. The fourth-order valence-corrected chi connectivity index (χ4v) is 4.09. The van der Waals surface area contributed by atoms with E-state index in [0.29, 0.717) is 26.1 Å². The van der Waals surface area contributed by atoms with Crippen LogP contribution in [0.4, 0.5) is 4.79 Å². The Morgan fingerprint density at radius 3 is 2.44 bits per heavy atom. The van der Waals surface area contributed by atoms with Gasteiger partial charge in [-0.25, -0.2) is 4.79 Å². The van der Waals surface area contributed by atoms with Crippen molar-refractivity contribution in [2.75, 3.05) is 13.2 Å². The van der Waals surface area contributed by atoms with Gasteiger partial charge in [-0.2, -0.15) is 0 Å². The van der Waals surface area contributed by atoms with Crippen molar-refractivity contribution in [1.82, 2.24) is 4.90 Å². The second-order valence-electron chi connectivity index (χ2n) is 8.18. The zero-order chi connectivity index (χ0) is 18.2. The van der Waals surface area contributed by atoms with Gasteiger partial charge in [0.1, 0.15) is 5.60 Å². The van der Waals surface area contributed by atoms with Gasteiger partial charge in [-0.15, -0.1) is 0 Å². The Bertz CT molecular complexity index is 623. The van der Waals surface area contributed by atoms with Gasteiger partial charge >= 0.3 is 6.09 Å². The monoisotopic (exact) mass is 347 g/mol. The fraction of sp³-hybridized carbons (Fsp3) is 0.650. The number of aliphatic hydroxyl groups is 1. The molecule has 2 aliphatic rings. The molecule has 1 aromatic carbocycles. The lowest BCUT2D eigenvalue weighted by Gasteiger charge is -2.51. The van der Waals surface area contributed by atoms with Crippen LogP contribution in [0.25, 0.3) is 0 Å². The number of carbonyl (C=O) groups excluding carboxylic acids is 1. The SMILES string of the molecule is CCc1ccccc1C1(O)CC2COCC(C1)N2C(=O)OC(C)(C)C. The maximum atomic E-state index is 12.7. The molecule has 138 valence electrons. The van der Waals surface area contributed by atoms with Crippen LogP contribution in [0.5, 0.6) is 0 Å². The van der Waals surface area contributed by atoms with Crippen molar-refractivity contribution in [2.24, 2.45) is 0 Å². The number of amides is 1. The van der Waals surface area contributed by atoms with Gasteiger partial charge in [0.2, 0.25) is 0 Å². The standard InChI is InChI=1S/C20H29NO4/c1-5-14-8-6-7-9-17(14)20(23)10-15-12-24-13-16(11-20)21(15)18(22)25-19(2,3)4/h6-9,15-16,23H,5,10-13H2,1-4H3. The number of benzene rings is 1. The van der Waals surface area contributed by atoms with Crippen molar-refractivity contribution in [1.29, 1.82) is 0 Å². The molecule has 0 radical (unpaired) electrons. The molecule has 2 aliphatic heterocycles. The lowest BCUT2D eigenvalue weighted by atomic mass is 9.75. The van der Waals surface area contributed by atoms with Crippen LogP contribution in [0.3, 0.4) is 0 Å². The fourth-order valence-electron chi connectivity index (χ4n) is 4.09. The Hall–Kier alpha value is -1.59. The summed E-state index contributed by atoms with van der Waals surface area (Å²) < 4.78 is 11.3. The predicted molar refractivity (Wildman–Crippen MR) is 95.4 cm³/mol. The third-order valence-corrected chi connectivity index (χ3v) is 5.06. The highest BCUT2D eigenvalue weighted by Gasteiger charge is 2.50. The maximum Gasteiger partial charge on any atom is 0.410 e. The number of piperidine rings is 1. The van der Waals surface area contributed by atoms with Gasteiger partial charge in [0, 0.05) is 12.8 Å². The summed E-state index contributed by atoms with van der Waals surface area (Å²) in [7, 11) is 0. The highest BCUT2D eigenvalue weighted by atomic mass is 16.6. The number of hydrogen-bond acceptors (Lipinski definition) is 4. The summed E-state index contributed by atoms with van der Waals surface area (Å²) in [5.41, 5.74) is 0.687. The second-order valence-corrected chi connectivity index (χ2v) is 8.18. The van der Waals surface area contributed by atoms with Gasteiger partial charge in [-0.3, -0.25) is 4.90 Å². The number of aryl methyl sites for hydroxylation is 1. The molecule has 1 N–H and O–H groups in total. The second kappa shape index (κ2) is 6.61. The molecule has 2 atom stereocenters. The first-order chi connectivity index (χ1) is 11.7. The number of rotatable bonds is 2. The summed E-state index contributed by atoms with van der Waals surface area (Å²) in [5, 5.41) is 11.5. The molecule has 1 aromatic rings. The van der Waals surface area contributed by atoms with Crippen LogP contribution in [-0.4, -0.2) is 47.0 Å². The van der Waals surface area contributed by atoms with Crippen LogP contribution in [0.15, 0.2) is 24.3 Å². The van der Waals surface area contributed by atoms with E-state index in [1.165, 1.54) is 0 Å². The number of ether oxygens (including phenoxy) is 2. The van der Waals surface area contributed by atoms with Crippen LogP contribution < -0.4 is 0 Å². The first-order valence-corrected chi connectivity index (χ1v) is 9.13. The van der Waals surface area contributed by atoms with Crippen molar-refractivity contribution in [2.45, 2.75) is 70.2 Å². The minimum atomic E-state index is -0.926. The molecule has 5 heteroatoms. The van der Waals surface area contributed by atoms with Gasteiger partial charge < -0.3 is 14.6 Å². The van der Waals surface area contributed by atoms with E-state index in [1.807, 2.05) is 39.0 Å². The van der Waals surface area contributed by atoms with Gasteiger partial charge in [0.05, 0.1) is 30.9 Å². The summed E-state index contributed by atoms with van der Waals surface area (Å²) >= 11 is 0. The van der Waals surface area contributed by atoms with Crippen LogP contribution in [0.1, 0.15) is 51.7 Å². The Morgan fingerprint density at radius 1 is 1.28 bits per heavy atom. The first-order valence-electron chi connectivity index (χ1n) is 9.13. The van der Waals surface area contributed by atoms with Crippen molar-refractivity contribution in [3.8, 4) is 0 Å². The van der Waals surface area contributed by atoms with E-state index in [9.17, 15) is 9.90 Å². The van der Waals surface area contributed by atoms with E-state index >= 15 is 0 Å². The number of carbonyl (C=O) groups is 1. The Kier molecular flexibility index (Phi) is 4.82. The van der Waals surface area contributed by atoms with Crippen molar-refractivity contribution in [3.63, 3.8) is 0 Å². The van der Waals surface area contributed by atoms with E-state index in [1.54, 1.807) is 4.90 Å². The summed E-state index contributed by atoms with van der Waals surface area (Å²) in [4.78, 5) is 14.5. The molecule has 0 aromatic heterocycles. The molecule has 2 fully saturated rings. The highest BCUT2D eigenvalue weighted by molar-refractivity contribution is 5.69. The van der Waals surface area contributed by atoms with Crippen LogP contribution in [0, 0.1) is 0 Å². The topological polar surface area (TPSA) is 59.0 Å². The molecule has 2 unspecified atom stereocenters. The van der Waals surface area contributed by atoms with Gasteiger partial charge in [0.15, 0.2) is 0 Å². The van der Waals surface area contributed by atoms with Gasteiger partial charge in [-0.1, -0.05) is 31.2 Å². The molecule has 2 bridgehead atoms. The van der Waals surface area contributed by atoms with E-state index in [4.69, 9.17) is 9.47 Å². The summed E-state index contributed by atoms with van der Waals surface area (Å²) in [5.74, 6) is 0. The minimum absolute atomic E-state index is 0.169. The van der Waals surface area contributed by atoms with E-state index in [-0.39, 0.29) is 18.2 Å². The number of fused-ring (bicyclic) bond motifs is 2. The lowest BCUT2D eigenvalue weighted by molar-refractivity contribution is -0.141. The highest BCUT2D eigenvalue weighted by Crippen LogP contribution is 2.42. The number of hydrogen-bond donors (Lipinski definition) is 1. The Balaban J connectivity index is 1.87. The van der Waals surface area contributed by atoms with Crippen LogP contribution >= 0.6 is 0 Å². The molecule has 2 saturated heterocycles. The Morgan fingerprint density at radius 2 is 1.88 bits per heavy atom. The van der Waals surface area contributed by atoms with Gasteiger partial charge in [0.25, 0.3) is 0 Å². The zero-order valence-electron chi connectivity index (χ0n) is 15.6. The average Bonchev–Trinajstić information content (AvgIpc) is 2.52. The molecule has 5 nitrogen and oxygen atoms in total. The normalized spacial score (nSPS) is 29.4. The summed E-state index contributed by atoms with van der Waals surface area (Å²) in [6.07, 6.45) is 1.51. The van der Waals surface area contributed by atoms with Gasteiger partial charge in [-0.05, 0) is 38.3 Å².